The summed E-state index contributed by atoms with van der Waals surface area (Å²) >= 11 is 1.65. The third-order valence-corrected chi connectivity index (χ3v) is 3.89. The molecule has 0 fully saturated rings. The molecule has 1 aromatic carbocycles. The number of H-pyrrole nitrogens is 1. The van der Waals surface area contributed by atoms with E-state index in [1.165, 1.54) is 11.6 Å². The number of carbonyl (C=O) groups is 1. The Morgan fingerprint density at radius 2 is 2.20 bits per heavy atom. The fourth-order valence-corrected chi connectivity index (χ4v) is 2.71. The maximum Gasteiger partial charge on any atom is 0.353 e. The molecule has 1 heterocycles. The van der Waals surface area contributed by atoms with Crippen molar-refractivity contribution in [3.05, 3.63) is 29.5 Å². The van der Waals surface area contributed by atoms with Crippen molar-refractivity contribution in [2.75, 3.05) is 13.4 Å². The molecule has 0 amide bonds. The predicted molar refractivity (Wildman–Crippen MR) is 78.7 cm³/mol. The van der Waals surface area contributed by atoms with Crippen molar-refractivity contribution in [1.29, 1.82) is 0 Å². The first-order valence-electron chi connectivity index (χ1n) is 6.14. The van der Waals surface area contributed by atoms with Gasteiger partial charge in [-0.25, -0.2) is 4.79 Å². The molecule has 0 spiro atoms. The first-order chi connectivity index (χ1) is 9.60. The predicted octanol–water partition coefficient (Wildman–Crippen LogP) is 3.07. The molecular weight excluding hydrogens is 276 g/mol. The summed E-state index contributed by atoms with van der Waals surface area (Å²) in [4.78, 5) is 12.1. The fraction of sp³-hybridized carbons (Fsp3) is 0.286. The van der Waals surface area contributed by atoms with Crippen molar-refractivity contribution in [3.8, 4) is 17.0 Å². The van der Waals surface area contributed by atoms with Gasteiger partial charge in [0.25, 0.3) is 0 Å². The largest absolute Gasteiger partial charge is 0.496 e. The van der Waals surface area contributed by atoms with Crippen LogP contribution in [0.3, 0.4) is 0 Å². The van der Waals surface area contributed by atoms with Crippen LogP contribution in [0.1, 0.15) is 23.0 Å². The Morgan fingerprint density at radius 1 is 1.45 bits per heavy atom. The number of aromatic nitrogens is 2. The molecule has 0 aliphatic carbocycles. The van der Waals surface area contributed by atoms with Crippen molar-refractivity contribution < 1.29 is 14.6 Å². The summed E-state index contributed by atoms with van der Waals surface area (Å²) in [6.45, 7) is 2.09. The maximum atomic E-state index is 10.9. The molecule has 0 saturated heterocycles. The Hall–Kier alpha value is -1.95. The van der Waals surface area contributed by atoms with Crippen LogP contribution in [0.25, 0.3) is 11.3 Å². The number of carboxylic acid groups (broad SMARTS) is 1. The van der Waals surface area contributed by atoms with Gasteiger partial charge in [-0.05, 0) is 36.4 Å². The second kappa shape index (κ2) is 6.00. The fourth-order valence-electron chi connectivity index (χ4n) is 2.01. The molecule has 0 radical (unpaired) electrons. The number of hydrogen-bond donors (Lipinski definition) is 2. The van der Waals surface area contributed by atoms with Crippen LogP contribution in [-0.2, 0) is 6.42 Å². The van der Waals surface area contributed by atoms with E-state index < -0.39 is 5.97 Å². The number of nitrogens with zero attached hydrogens (tertiary/aromatic N) is 1. The van der Waals surface area contributed by atoms with E-state index in [1.807, 2.05) is 18.4 Å². The van der Waals surface area contributed by atoms with Crippen molar-refractivity contribution in [1.82, 2.24) is 10.2 Å². The van der Waals surface area contributed by atoms with Crippen LogP contribution in [0.15, 0.2) is 23.1 Å². The number of nitrogens with one attached hydrogen (secondary N) is 1. The van der Waals surface area contributed by atoms with Crippen LogP contribution in [0, 0.1) is 0 Å². The van der Waals surface area contributed by atoms with Gasteiger partial charge in [-0.3, -0.25) is 5.10 Å². The van der Waals surface area contributed by atoms with Crippen molar-refractivity contribution in [3.63, 3.8) is 0 Å². The van der Waals surface area contributed by atoms with Gasteiger partial charge < -0.3 is 9.84 Å². The van der Waals surface area contributed by atoms with E-state index in [0.717, 1.165) is 16.9 Å². The number of hydrogen-bond acceptors (Lipinski definition) is 4. The number of aromatic carboxylic acids is 1. The summed E-state index contributed by atoms with van der Waals surface area (Å²) in [6.07, 6.45) is 2.92. The van der Waals surface area contributed by atoms with Gasteiger partial charge in [-0.15, -0.1) is 11.8 Å². The van der Waals surface area contributed by atoms with E-state index in [2.05, 4.69) is 17.1 Å². The summed E-state index contributed by atoms with van der Waals surface area (Å²) in [5.74, 6) is -0.332. The lowest BCUT2D eigenvalue weighted by Gasteiger charge is -2.12. The minimum atomic E-state index is -1.03. The Kier molecular flexibility index (Phi) is 4.34. The molecule has 1 aromatic heterocycles. The van der Waals surface area contributed by atoms with Crippen molar-refractivity contribution in [2.24, 2.45) is 0 Å². The number of benzene rings is 1. The summed E-state index contributed by atoms with van der Waals surface area (Å²) < 4.78 is 5.40. The molecule has 2 N–H and O–H groups in total. The van der Waals surface area contributed by atoms with Gasteiger partial charge in [-0.2, -0.15) is 5.10 Å². The summed E-state index contributed by atoms with van der Waals surface area (Å²) in [7, 11) is 1.60. The van der Waals surface area contributed by atoms with E-state index in [1.54, 1.807) is 18.9 Å². The number of aryl methyl sites for hydroxylation is 1. The smallest absolute Gasteiger partial charge is 0.353 e. The van der Waals surface area contributed by atoms with Crippen LogP contribution in [0.2, 0.25) is 0 Å². The zero-order valence-electron chi connectivity index (χ0n) is 11.6. The summed E-state index contributed by atoms with van der Waals surface area (Å²) in [6, 6.07) is 5.48. The van der Waals surface area contributed by atoms with E-state index in [-0.39, 0.29) is 5.69 Å². The average molecular weight is 292 g/mol. The van der Waals surface area contributed by atoms with E-state index in [4.69, 9.17) is 9.84 Å². The highest BCUT2D eigenvalue weighted by molar-refractivity contribution is 7.98. The molecule has 0 saturated carbocycles. The lowest BCUT2D eigenvalue weighted by atomic mass is 10.1. The third-order valence-electron chi connectivity index (χ3n) is 3.07. The monoisotopic (exact) mass is 292 g/mol. The Labute approximate surface area is 121 Å². The SMILES string of the molecule is CCc1cc(OC)c(-c2cc(C(=O)O)[nH]n2)cc1SC. The highest BCUT2D eigenvalue weighted by Gasteiger charge is 2.15. The molecule has 106 valence electrons. The molecule has 0 unspecified atom stereocenters. The lowest BCUT2D eigenvalue weighted by Crippen LogP contribution is -1.95. The van der Waals surface area contributed by atoms with Gasteiger partial charge in [0.05, 0.1) is 12.8 Å². The highest BCUT2D eigenvalue weighted by Crippen LogP contribution is 2.35. The van der Waals surface area contributed by atoms with Crippen LogP contribution in [0.4, 0.5) is 0 Å². The van der Waals surface area contributed by atoms with E-state index in [0.29, 0.717) is 11.4 Å². The number of thioether (sulfide) groups is 1. The van der Waals surface area contributed by atoms with Gasteiger partial charge >= 0.3 is 5.97 Å². The summed E-state index contributed by atoms with van der Waals surface area (Å²) in [5.41, 5.74) is 2.62. The maximum absolute atomic E-state index is 10.9. The second-order valence-corrected chi connectivity index (χ2v) is 5.04. The van der Waals surface area contributed by atoms with Crippen LogP contribution in [0.5, 0.6) is 5.75 Å². The first kappa shape index (κ1) is 14.5. The molecule has 0 atom stereocenters. The zero-order chi connectivity index (χ0) is 14.7. The molecule has 0 aliphatic rings. The number of aromatic amines is 1. The third kappa shape index (κ3) is 2.65. The molecular formula is C14H16N2O3S. The lowest BCUT2D eigenvalue weighted by molar-refractivity contribution is 0.0690. The zero-order valence-corrected chi connectivity index (χ0v) is 12.4. The standard InChI is InChI=1S/C14H16N2O3S/c1-4-8-5-12(19-2)9(6-13(8)20-3)10-7-11(14(17)18)16-15-10/h5-7H,4H2,1-3H3,(H,15,16)(H,17,18). The molecule has 6 heteroatoms. The number of ether oxygens (including phenoxy) is 1. The minimum Gasteiger partial charge on any atom is -0.496 e. The molecule has 20 heavy (non-hydrogen) atoms. The van der Waals surface area contributed by atoms with Crippen LogP contribution >= 0.6 is 11.8 Å². The Morgan fingerprint density at radius 3 is 2.70 bits per heavy atom. The first-order valence-corrected chi connectivity index (χ1v) is 7.37. The van der Waals surface area contributed by atoms with Crippen LogP contribution < -0.4 is 4.74 Å². The average Bonchev–Trinajstić information content (AvgIpc) is 2.95. The Bertz CT molecular complexity index is 637. The van der Waals surface area contributed by atoms with E-state index >= 15 is 0 Å². The van der Waals surface area contributed by atoms with Gasteiger partial charge in [0, 0.05) is 10.5 Å². The molecule has 2 rings (SSSR count). The van der Waals surface area contributed by atoms with Gasteiger partial charge in [0.2, 0.25) is 0 Å². The van der Waals surface area contributed by atoms with Crippen molar-refractivity contribution >= 4 is 17.7 Å². The molecule has 0 bridgehead atoms. The van der Waals surface area contributed by atoms with Gasteiger partial charge in [-0.1, -0.05) is 6.92 Å². The number of rotatable bonds is 5. The molecule has 5 nitrogen and oxygen atoms in total. The number of carboxylic acids is 1. The summed E-state index contributed by atoms with van der Waals surface area (Å²) in [5, 5.41) is 15.5. The minimum absolute atomic E-state index is 0.0623. The highest BCUT2D eigenvalue weighted by atomic mass is 32.2. The Balaban J connectivity index is 2.56. The quantitative estimate of drug-likeness (QED) is 0.828. The van der Waals surface area contributed by atoms with E-state index in [9.17, 15) is 4.79 Å². The molecule has 0 aliphatic heterocycles. The van der Waals surface area contributed by atoms with Crippen molar-refractivity contribution in [2.45, 2.75) is 18.2 Å². The van der Waals surface area contributed by atoms with Gasteiger partial charge in [0.15, 0.2) is 0 Å². The van der Waals surface area contributed by atoms with Crippen LogP contribution in [-0.4, -0.2) is 34.6 Å². The molecule has 2 aromatic rings. The topological polar surface area (TPSA) is 75.2 Å². The van der Waals surface area contributed by atoms with Gasteiger partial charge in [0.1, 0.15) is 11.4 Å². The second-order valence-electron chi connectivity index (χ2n) is 4.19. The normalized spacial score (nSPS) is 10.6. The number of methoxy groups -OCH3 is 1.